The maximum atomic E-state index is 13.2. The molecular formula is C23H21NO6. The molecule has 0 fully saturated rings. The molecule has 0 saturated heterocycles. The highest BCUT2D eigenvalue weighted by atomic mass is 16.5. The summed E-state index contributed by atoms with van der Waals surface area (Å²) in [5.41, 5.74) is 0.828. The minimum Gasteiger partial charge on any atom is -0.493 e. The average Bonchev–Trinajstić information content (AvgIpc) is 2.77. The smallest absolute Gasteiger partial charge is 0.337 e. The van der Waals surface area contributed by atoms with Crippen LogP contribution in [-0.2, 0) is 9.47 Å². The highest BCUT2D eigenvalue weighted by molar-refractivity contribution is 6.15. The maximum absolute atomic E-state index is 13.2. The van der Waals surface area contributed by atoms with Crippen molar-refractivity contribution in [2.45, 2.75) is 6.92 Å². The number of benzene rings is 3. The van der Waals surface area contributed by atoms with Crippen molar-refractivity contribution in [1.29, 1.82) is 0 Å². The number of methoxy groups -OCH3 is 2. The Morgan fingerprint density at radius 3 is 2.10 bits per heavy atom. The van der Waals surface area contributed by atoms with Crippen molar-refractivity contribution >= 4 is 34.3 Å². The highest BCUT2D eigenvalue weighted by Gasteiger charge is 2.19. The number of carbonyl (C=O) groups is 3. The lowest BCUT2D eigenvalue weighted by Gasteiger charge is -2.14. The van der Waals surface area contributed by atoms with E-state index < -0.39 is 17.8 Å². The number of rotatable bonds is 6. The Morgan fingerprint density at radius 2 is 1.50 bits per heavy atom. The van der Waals surface area contributed by atoms with E-state index in [4.69, 9.17) is 14.2 Å². The summed E-state index contributed by atoms with van der Waals surface area (Å²) in [5, 5.41) is 4.35. The van der Waals surface area contributed by atoms with Crippen LogP contribution in [0.4, 0.5) is 5.69 Å². The van der Waals surface area contributed by atoms with E-state index in [1.807, 2.05) is 37.3 Å². The molecule has 1 N–H and O–H groups in total. The van der Waals surface area contributed by atoms with E-state index in [1.165, 1.54) is 32.4 Å². The van der Waals surface area contributed by atoms with Crippen molar-refractivity contribution in [3.05, 3.63) is 71.3 Å². The molecule has 3 aromatic carbocycles. The second kappa shape index (κ2) is 9.09. The van der Waals surface area contributed by atoms with E-state index in [-0.39, 0.29) is 16.8 Å². The first-order valence-corrected chi connectivity index (χ1v) is 9.26. The van der Waals surface area contributed by atoms with Gasteiger partial charge in [-0.2, -0.15) is 0 Å². The zero-order valence-electron chi connectivity index (χ0n) is 16.9. The molecule has 30 heavy (non-hydrogen) atoms. The molecule has 0 aliphatic heterocycles. The van der Waals surface area contributed by atoms with Gasteiger partial charge in [-0.25, -0.2) is 9.59 Å². The lowest BCUT2D eigenvalue weighted by atomic mass is 10.0. The standard InChI is InChI=1S/C23H21NO6/c1-4-30-19-10-9-14-7-5-6-8-18(14)20(19)21(25)24-17-12-15(22(26)28-2)11-16(13-17)23(27)29-3/h5-13H,4H2,1-3H3,(H,24,25). The molecular weight excluding hydrogens is 386 g/mol. The van der Waals surface area contributed by atoms with Gasteiger partial charge in [-0.1, -0.05) is 30.3 Å². The SMILES string of the molecule is CCOc1ccc2ccccc2c1C(=O)Nc1cc(C(=O)OC)cc(C(=O)OC)c1. The Balaban J connectivity index is 2.07. The summed E-state index contributed by atoms with van der Waals surface area (Å²) in [4.78, 5) is 37.2. The first kappa shape index (κ1) is 20.9. The van der Waals surface area contributed by atoms with Crippen molar-refractivity contribution in [3.8, 4) is 5.75 Å². The third-order valence-corrected chi connectivity index (χ3v) is 4.45. The Morgan fingerprint density at radius 1 is 0.867 bits per heavy atom. The largest absolute Gasteiger partial charge is 0.493 e. The number of hydrogen-bond donors (Lipinski definition) is 1. The zero-order valence-corrected chi connectivity index (χ0v) is 16.9. The van der Waals surface area contributed by atoms with Gasteiger partial charge in [0.15, 0.2) is 0 Å². The van der Waals surface area contributed by atoms with Crippen molar-refractivity contribution in [2.24, 2.45) is 0 Å². The first-order chi connectivity index (χ1) is 14.5. The molecule has 0 unspecified atom stereocenters. The van der Waals surface area contributed by atoms with Crippen LogP contribution in [0.1, 0.15) is 38.0 Å². The van der Waals surface area contributed by atoms with Crippen LogP contribution < -0.4 is 10.1 Å². The van der Waals surface area contributed by atoms with Gasteiger partial charge >= 0.3 is 11.9 Å². The van der Waals surface area contributed by atoms with E-state index in [9.17, 15) is 14.4 Å². The second-order valence-electron chi connectivity index (χ2n) is 6.33. The molecule has 1 amide bonds. The number of anilines is 1. The third kappa shape index (κ3) is 4.25. The van der Waals surface area contributed by atoms with Crippen molar-refractivity contribution in [1.82, 2.24) is 0 Å². The molecule has 0 radical (unpaired) electrons. The molecule has 0 aliphatic carbocycles. The van der Waals surface area contributed by atoms with E-state index >= 15 is 0 Å². The molecule has 3 aromatic rings. The van der Waals surface area contributed by atoms with Crippen LogP contribution in [0.3, 0.4) is 0 Å². The summed E-state index contributed by atoms with van der Waals surface area (Å²) in [5.74, 6) is -1.29. The lowest BCUT2D eigenvalue weighted by molar-refractivity contribution is 0.0599. The van der Waals surface area contributed by atoms with Gasteiger partial charge in [0, 0.05) is 5.69 Å². The van der Waals surface area contributed by atoms with Gasteiger partial charge in [-0.15, -0.1) is 0 Å². The van der Waals surface area contributed by atoms with Crippen LogP contribution in [0.5, 0.6) is 5.75 Å². The molecule has 3 rings (SSSR count). The van der Waals surface area contributed by atoms with Gasteiger partial charge in [0.05, 0.1) is 37.5 Å². The summed E-state index contributed by atoms with van der Waals surface area (Å²) >= 11 is 0. The van der Waals surface area contributed by atoms with Crippen LogP contribution in [0.25, 0.3) is 10.8 Å². The van der Waals surface area contributed by atoms with Crippen LogP contribution in [-0.4, -0.2) is 38.7 Å². The van der Waals surface area contributed by atoms with Gasteiger partial charge < -0.3 is 19.5 Å². The quantitative estimate of drug-likeness (QED) is 0.620. The summed E-state index contributed by atoms with van der Waals surface area (Å²) in [6.45, 7) is 2.22. The van der Waals surface area contributed by atoms with Gasteiger partial charge in [0.1, 0.15) is 5.75 Å². The minimum atomic E-state index is -0.642. The van der Waals surface area contributed by atoms with Gasteiger partial charge in [-0.05, 0) is 42.0 Å². The Labute approximate surface area is 173 Å². The summed E-state index contributed by atoms with van der Waals surface area (Å²) in [7, 11) is 2.46. The normalized spacial score (nSPS) is 10.4. The Kier molecular flexibility index (Phi) is 6.32. The fraction of sp³-hybridized carbons (Fsp3) is 0.174. The minimum absolute atomic E-state index is 0.110. The van der Waals surface area contributed by atoms with E-state index in [0.29, 0.717) is 17.9 Å². The summed E-state index contributed by atoms with van der Waals surface area (Å²) in [6, 6.07) is 15.3. The highest BCUT2D eigenvalue weighted by Crippen LogP contribution is 2.29. The van der Waals surface area contributed by atoms with Crippen molar-refractivity contribution in [3.63, 3.8) is 0 Å². The predicted molar refractivity (Wildman–Crippen MR) is 112 cm³/mol. The summed E-state index contributed by atoms with van der Waals surface area (Å²) < 4.78 is 15.1. The fourth-order valence-corrected chi connectivity index (χ4v) is 3.13. The molecule has 7 nitrogen and oxygen atoms in total. The number of nitrogens with one attached hydrogen (secondary N) is 1. The van der Waals surface area contributed by atoms with Crippen LogP contribution >= 0.6 is 0 Å². The average molecular weight is 407 g/mol. The van der Waals surface area contributed by atoms with E-state index in [0.717, 1.165) is 10.8 Å². The van der Waals surface area contributed by atoms with Gasteiger partial charge in [0.2, 0.25) is 0 Å². The van der Waals surface area contributed by atoms with Crippen LogP contribution in [0.2, 0.25) is 0 Å². The van der Waals surface area contributed by atoms with Crippen LogP contribution in [0.15, 0.2) is 54.6 Å². The molecule has 154 valence electrons. The Hall–Kier alpha value is -3.87. The number of amides is 1. The number of fused-ring (bicyclic) bond motifs is 1. The monoisotopic (exact) mass is 407 g/mol. The van der Waals surface area contributed by atoms with E-state index in [1.54, 1.807) is 6.07 Å². The molecule has 0 spiro atoms. The zero-order chi connectivity index (χ0) is 21.7. The van der Waals surface area contributed by atoms with Gasteiger partial charge in [-0.3, -0.25) is 4.79 Å². The van der Waals surface area contributed by atoms with E-state index in [2.05, 4.69) is 5.32 Å². The molecule has 0 bridgehead atoms. The molecule has 0 heterocycles. The molecule has 0 saturated carbocycles. The predicted octanol–water partition coefficient (Wildman–Crippen LogP) is 4.06. The van der Waals surface area contributed by atoms with Crippen LogP contribution in [0, 0.1) is 0 Å². The van der Waals surface area contributed by atoms with Crippen molar-refractivity contribution < 1.29 is 28.6 Å². The third-order valence-electron chi connectivity index (χ3n) is 4.45. The molecule has 0 aromatic heterocycles. The topological polar surface area (TPSA) is 90.9 Å². The Bertz CT molecular complexity index is 1090. The number of esters is 2. The maximum Gasteiger partial charge on any atom is 0.337 e. The molecule has 0 aliphatic rings. The molecule has 0 atom stereocenters. The lowest BCUT2D eigenvalue weighted by Crippen LogP contribution is -2.16. The second-order valence-corrected chi connectivity index (χ2v) is 6.33. The molecule has 7 heteroatoms. The first-order valence-electron chi connectivity index (χ1n) is 9.26. The number of carbonyl (C=O) groups excluding carboxylic acids is 3. The van der Waals surface area contributed by atoms with Crippen molar-refractivity contribution in [2.75, 3.05) is 26.1 Å². The fourth-order valence-electron chi connectivity index (χ4n) is 3.13. The number of hydrogen-bond acceptors (Lipinski definition) is 6. The summed E-state index contributed by atoms with van der Waals surface area (Å²) in [6.07, 6.45) is 0. The van der Waals surface area contributed by atoms with Gasteiger partial charge in [0.25, 0.3) is 5.91 Å². The number of ether oxygens (including phenoxy) is 3.